The molecule has 0 heterocycles. The van der Waals surface area contributed by atoms with Crippen molar-refractivity contribution in [3.05, 3.63) is 0 Å². The van der Waals surface area contributed by atoms with E-state index in [0.29, 0.717) is 11.8 Å². The van der Waals surface area contributed by atoms with Gasteiger partial charge in [0.2, 0.25) is 0 Å². The lowest BCUT2D eigenvalue weighted by Crippen LogP contribution is -2.17. The van der Waals surface area contributed by atoms with Gasteiger partial charge in [0.1, 0.15) is 0 Å². The average Bonchev–Trinajstić information content (AvgIpc) is 2.63. The van der Waals surface area contributed by atoms with E-state index in [2.05, 4.69) is 13.8 Å². The van der Waals surface area contributed by atoms with Gasteiger partial charge in [-0.1, -0.05) is 13.8 Å². The van der Waals surface area contributed by atoms with Gasteiger partial charge in [0.15, 0.2) is 0 Å². The minimum Gasteiger partial charge on any atom is -0.481 e. The molecular weight excluding hydrogens is 140 g/mol. The molecule has 0 aromatic heterocycles. The van der Waals surface area contributed by atoms with Gasteiger partial charge in [0.05, 0.1) is 5.92 Å². The van der Waals surface area contributed by atoms with E-state index in [1.54, 1.807) is 0 Å². The van der Waals surface area contributed by atoms with Crippen molar-refractivity contribution < 1.29 is 9.90 Å². The molecule has 1 aliphatic carbocycles. The van der Waals surface area contributed by atoms with E-state index >= 15 is 0 Å². The lowest BCUT2D eigenvalue weighted by molar-refractivity contribution is -0.143. The molecule has 0 aromatic carbocycles. The third-order valence-electron chi connectivity index (χ3n) is 2.23. The second-order valence-corrected chi connectivity index (χ2v) is 3.91. The van der Waals surface area contributed by atoms with E-state index in [-0.39, 0.29) is 5.92 Å². The van der Waals surface area contributed by atoms with Crippen LogP contribution in [0.25, 0.3) is 0 Å². The number of aliphatic carboxylic acids is 1. The fourth-order valence-corrected chi connectivity index (χ4v) is 1.50. The molecule has 1 N–H and O–H groups in total. The summed E-state index contributed by atoms with van der Waals surface area (Å²) in [5, 5.41) is 8.83. The van der Waals surface area contributed by atoms with Crippen LogP contribution in [0.3, 0.4) is 0 Å². The Hall–Kier alpha value is -0.530. The summed E-state index contributed by atoms with van der Waals surface area (Å²) in [5.41, 5.74) is 0. The molecule has 0 aliphatic heterocycles. The molecule has 2 heteroatoms. The summed E-state index contributed by atoms with van der Waals surface area (Å²) in [6.45, 7) is 4.16. The Bertz CT molecular complexity index is 148. The first-order valence-electron chi connectivity index (χ1n) is 4.34. The molecule has 1 saturated carbocycles. The minimum absolute atomic E-state index is 0.0602. The molecular formula is C9H16O2. The number of carbonyl (C=O) groups is 1. The van der Waals surface area contributed by atoms with Crippen LogP contribution < -0.4 is 0 Å². The Morgan fingerprint density at radius 2 is 2.09 bits per heavy atom. The van der Waals surface area contributed by atoms with Gasteiger partial charge in [-0.15, -0.1) is 0 Å². The SMILES string of the molecule is CC(C)C[C@@H](C(=O)O)C1CC1. The van der Waals surface area contributed by atoms with Gasteiger partial charge in [-0.3, -0.25) is 4.79 Å². The zero-order valence-corrected chi connectivity index (χ0v) is 7.21. The largest absolute Gasteiger partial charge is 0.481 e. The normalized spacial score (nSPS) is 20.3. The molecule has 0 aromatic rings. The van der Waals surface area contributed by atoms with Crippen LogP contribution in [0.2, 0.25) is 0 Å². The number of rotatable bonds is 4. The summed E-state index contributed by atoms with van der Waals surface area (Å²) in [5.74, 6) is 0.350. The van der Waals surface area contributed by atoms with E-state index in [1.165, 1.54) is 0 Å². The molecule has 1 aliphatic rings. The fourth-order valence-electron chi connectivity index (χ4n) is 1.50. The Morgan fingerprint density at radius 3 is 2.36 bits per heavy atom. The van der Waals surface area contributed by atoms with Crippen LogP contribution in [0.5, 0.6) is 0 Å². The van der Waals surface area contributed by atoms with Gasteiger partial charge in [0, 0.05) is 0 Å². The highest BCUT2D eigenvalue weighted by Crippen LogP contribution is 2.39. The first kappa shape index (κ1) is 8.57. The summed E-state index contributed by atoms with van der Waals surface area (Å²) in [4.78, 5) is 10.7. The molecule has 0 saturated heterocycles. The summed E-state index contributed by atoms with van der Waals surface area (Å²) in [7, 11) is 0. The zero-order valence-electron chi connectivity index (χ0n) is 7.21. The summed E-state index contributed by atoms with van der Waals surface area (Å²) >= 11 is 0. The maximum atomic E-state index is 10.7. The van der Waals surface area contributed by atoms with Gasteiger partial charge >= 0.3 is 5.97 Å². The standard InChI is InChI=1S/C9H16O2/c1-6(2)5-8(9(10)11)7-3-4-7/h6-8H,3-5H2,1-2H3,(H,10,11)/t8-/m1/s1. The van der Waals surface area contributed by atoms with Crippen molar-refractivity contribution in [3.8, 4) is 0 Å². The summed E-state index contributed by atoms with van der Waals surface area (Å²) < 4.78 is 0. The Morgan fingerprint density at radius 1 is 1.55 bits per heavy atom. The lowest BCUT2D eigenvalue weighted by Gasteiger charge is -2.12. The van der Waals surface area contributed by atoms with Crippen molar-refractivity contribution >= 4 is 5.97 Å². The first-order chi connectivity index (χ1) is 5.11. The minimum atomic E-state index is -0.596. The first-order valence-corrected chi connectivity index (χ1v) is 4.34. The average molecular weight is 156 g/mol. The molecule has 0 bridgehead atoms. The van der Waals surface area contributed by atoms with E-state index in [1.807, 2.05) is 0 Å². The third-order valence-corrected chi connectivity index (χ3v) is 2.23. The summed E-state index contributed by atoms with van der Waals surface area (Å²) in [6, 6.07) is 0. The van der Waals surface area contributed by atoms with Crippen LogP contribution in [-0.2, 0) is 4.79 Å². The van der Waals surface area contributed by atoms with Crippen molar-refractivity contribution in [2.75, 3.05) is 0 Å². The van der Waals surface area contributed by atoms with Crippen LogP contribution in [0.1, 0.15) is 33.1 Å². The van der Waals surface area contributed by atoms with Gasteiger partial charge in [-0.2, -0.15) is 0 Å². The van der Waals surface area contributed by atoms with Crippen LogP contribution >= 0.6 is 0 Å². The molecule has 1 fully saturated rings. The van der Waals surface area contributed by atoms with Gasteiger partial charge < -0.3 is 5.11 Å². The van der Waals surface area contributed by atoms with Crippen LogP contribution in [0.4, 0.5) is 0 Å². The maximum absolute atomic E-state index is 10.7. The molecule has 11 heavy (non-hydrogen) atoms. The third kappa shape index (κ3) is 2.52. The molecule has 0 unspecified atom stereocenters. The molecule has 1 rings (SSSR count). The van der Waals surface area contributed by atoms with E-state index in [0.717, 1.165) is 19.3 Å². The monoisotopic (exact) mass is 156 g/mol. The molecule has 2 nitrogen and oxygen atoms in total. The van der Waals surface area contributed by atoms with Gasteiger partial charge in [0.25, 0.3) is 0 Å². The van der Waals surface area contributed by atoms with Gasteiger partial charge in [-0.05, 0) is 31.1 Å². The zero-order chi connectivity index (χ0) is 8.43. The molecule has 0 amide bonds. The lowest BCUT2D eigenvalue weighted by atomic mass is 9.93. The predicted molar refractivity (Wildman–Crippen MR) is 43.3 cm³/mol. The highest BCUT2D eigenvalue weighted by molar-refractivity contribution is 5.70. The Kier molecular flexibility index (Phi) is 2.53. The quantitative estimate of drug-likeness (QED) is 0.677. The molecule has 64 valence electrons. The number of carboxylic acid groups (broad SMARTS) is 1. The second-order valence-electron chi connectivity index (χ2n) is 3.91. The highest BCUT2D eigenvalue weighted by atomic mass is 16.4. The molecule has 0 spiro atoms. The van der Waals surface area contributed by atoms with Crippen molar-refractivity contribution in [2.45, 2.75) is 33.1 Å². The topological polar surface area (TPSA) is 37.3 Å². The van der Waals surface area contributed by atoms with E-state index in [4.69, 9.17) is 5.11 Å². The second kappa shape index (κ2) is 3.24. The van der Waals surface area contributed by atoms with Crippen molar-refractivity contribution in [3.63, 3.8) is 0 Å². The number of carboxylic acids is 1. The fraction of sp³-hybridized carbons (Fsp3) is 0.889. The van der Waals surface area contributed by atoms with Crippen LogP contribution in [0, 0.1) is 17.8 Å². The highest BCUT2D eigenvalue weighted by Gasteiger charge is 2.36. The maximum Gasteiger partial charge on any atom is 0.306 e. The van der Waals surface area contributed by atoms with Crippen molar-refractivity contribution in [2.24, 2.45) is 17.8 Å². The smallest absolute Gasteiger partial charge is 0.306 e. The van der Waals surface area contributed by atoms with Crippen molar-refractivity contribution in [1.29, 1.82) is 0 Å². The number of hydrogen-bond acceptors (Lipinski definition) is 1. The van der Waals surface area contributed by atoms with Crippen LogP contribution in [-0.4, -0.2) is 11.1 Å². The summed E-state index contributed by atoms with van der Waals surface area (Å²) in [6.07, 6.45) is 3.10. The number of hydrogen-bond donors (Lipinski definition) is 1. The Balaban J connectivity index is 2.38. The van der Waals surface area contributed by atoms with Gasteiger partial charge in [-0.25, -0.2) is 0 Å². The molecule has 0 radical (unpaired) electrons. The Labute approximate surface area is 67.6 Å². The predicted octanol–water partition coefficient (Wildman–Crippen LogP) is 2.14. The van der Waals surface area contributed by atoms with E-state index < -0.39 is 5.97 Å². The van der Waals surface area contributed by atoms with E-state index in [9.17, 15) is 4.79 Å². The van der Waals surface area contributed by atoms with Crippen molar-refractivity contribution in [1.82, 2.24) is 0 Å². The van der Waals surface area contributed by atoms with Crippen LogP contribution in [0.15, 0.2) is 0 Å². The molecule has 1 atom stereocenters.